The molecule has 0 radical (unpaired) electrons. The molecule has 17 heavy (non-hydrogen) atoms. The summed E-state index contributed by atoms with van der Waals surface area (Å²) in [6, 6.07) is 3.74. The first kappa shape index (κ1) is 14.4. The highest BCUT2D eigenvalue weighted by molar-refractivity contribution is 7.80. The minimum Gasteiger partial charge on any atom is -0.393 e. The lowest BCUT2D eigenvalue weighted by molar-refractivity contribution is -0.158. The predicted molar refractivity (Wildman–Crippen MR) is 67.0 cm³/mol. The van der Waals surface area contributed by atoms with E-state index in [0.717, 1.165) is 4.88 Å². The largest absolute Gasteiger partial charge is 0.399 e. The molecule has 1 rings (SSSR count). The van der Waals surface area contributed by atoms with Crippen LogP contribution in [0.3, 0.4) is 0 Å². The molecule has 0 spiro atoms. The van der Waals surface area contributed by atoms with Gasteiger partial charge >= 0.3 is 6.18 Å². The fourth-order valence-corrected chi connectivity index (χ4v) is 2.39. The van der Waals surface area contributed by atoms with E-state index in [-0.39, 0.29) is 6.54 Å². The third kappa shape index (κ3) is 4.61. The fraction of sp³-hybridized carbons (Fsp3) is 0.500. The Bertz CT molecular complexity index is 362. The first-order valence-electron chi connectivity index (χ1n) is 4.87. The summed E-state index contributed by atoms with van der Waals surface area (Å²) in [4.78, 5) is 2.08. The third-order valence-electron chi connectivity index (χ3n) is 2.24. The molecule has 2 nitrogen and oxygen atoms in total. The molecule has 0 bridgehead atoms. The van der Waals surface area contributed by atoms with Crippen molar-refractivity contribution in [3.63, 3.8) is 0 Å². The van der Waals surface area contributed by atoms with Crippen molar-refractivity contribution in [3.05, 3.63) is 22.4 Å². The Labute approximate surface area is 107 Å². The lowest BCUT2D eigenvalue weighted by atomic mass is 10.1. The molecule has 1 atom stereocenters. The van der Waals surface area contributed by atoms with Crippen molar-refractivity contribution < 1.29 is 13.2 Å². The molecule has 0 amide bonds. The summed E-state index contributed by atoms with van der Waals surface area (Å²) in [5.41, 5.74) is 5.13. The molecular formula is C10H13F3N2S2. The van der Waals surface area contributed by atoms with Gasteiger partial charge in [0.1, 0.15) is 5.92 Å². The molecule has 0 saturated heterocycles. The second-order valence-electron chi connectivity index (χ2n) is 3.77. The molecule has 0 aromatic carbocycles. The Morgan fingerprint density at radius 2 is 2.24 bits per heavy atom. The van der Waals surface area contributed by atoms with Crippen LogP contribution in [0.5, 0.6) is 0 Å². The van der Waals surface area contributed by atoms with Gasteiger partial charge in [-0.2, -0.15) is 13.2 Å². The first-order valence-corrected chi connectivity index (χ1v) is 6.16. The number of hydrogen-bond acceptors (Lipinski definition) is 3. The lowest BCUT2D eigenvalue weighted by Crippen LogP contribution is -2.42. The SMILES string of the molecule is CN(Cc1cccs1)CC(C(N)=S)C(F)(F)F. The van der Waals surface area contributed by atoms with Crippen LogP contribution >= 0.6 is 23.6 Å². The zero-order chi connectivity index (χ0) is 13.1. The van der Waals surface area contributed by atoms with Gasteiger partial charge in [-0.1, -0.05) is 18.3 Å². The monoisotopic (exact) mass is 282 g/mol. The zero-order valence-electron chi connectivity index (χ0n) is 9.20. The number of thiophene rings is 1. The first-order chi connectivity index (χ1) is 7.80. The van der Waals surface area contributed by atoms with Gasteiger partial charge in [0.2, 0.25) is 0 Å². The van der Waals surface area contributed by atoms with Gasteiger partial charge in [-0.05, 0) is 18.5 Å². The van der Waals surface area contributed by atoms with Crippen molar-refractivity contribution >= 4 is 28.5 Å². The van der Waals surface area contributed by atoms with Crippen molar-refractivity contribution in [1.29, 1.82) is 0 Å². The van der Waals surface area contributed by atoms with Crippen LogP contribution in [0.15, 0.2) is 17.5 Å². The Hall–Kier alpha value is -0.660. The van der Waals surface area contributed by atoms with Crippen LogP contribution < -0.4 is 5.73 Å². The summed E-state index contributed by atoms with van der Waals surface area (Å²) in [6.07, 6.45) is -4.38. The Balaban J connectivity index is 2.59. The van der Waals surface area contributed by atoms with Gasteiger partial charge in [0.25, 0.3) is 0 Å². The average molecular weight is 282 g/mol. The van der Waals surface area contributed by atoms with Gasteiger partial charge in [-0.15, -0.1) is 11.3 Å². The van der Waals surface area contributed by atoms with Gasteiger partial charge in [-0.25, -0.2) is 0 Å². The summed E-state index contributed by atoms with van der Waals surface area (Å²) >= 11 is 5.97. The second-order valence-corrected chi connectivity index (χ2v) is 5.28. The van der Waals surface area contributed by atoms with Crippen molar-refractivity contribution in [2.75, 3.05) is 13.6 Å². The summed E-state index contributed by atoms with van der Waals surface area (Å²) in [7, 11) is 1.62. The van der Waals surface area contributed by atoms with E-state index in [2.05, 4.69) is 12.2 Å². The number of halogens is 3. The lowest BCUT2D eigenvalue weighted by Gasteiger charge is -2.24. The molecule has 0 fully saturated rings. The molecule has 0 aliphatic carbocycles. The number of nitrogens with zero attached hydrogens (tertiary/aromatic N) is 1. The topological polar surface area (TPSA) is 29.3 Å². The molecule has 0 aliphatic heterocycles. The van der Waals surface area contributed by atoms with E-state index >= 15 is 0 Å². The molecule has 1 heterocycles. The Morgan fingerprint density at radius 1 is 1.59 bits per heavy atom. The van der Waals surface area contributed by atoms with Gasteiger partial charge in [0.05, 0.1) is 4.99 Å². The van der Waals surface area contributed by atoms with Crippen molar-refractivity contribution in [3.8, 4) is 0 Å². The van der Waals surface area contributed by atoms with E-state index in [9.17, 15) is 13.2 Å². The Kier molecular flexibility index (Phi) is 4.91. The smallest absolute Gasteiger partial charge is 0.393 e. The molecule has 0 aliphatic rings. The van der Waals surface area contributed by atoms with E-state index in [1.807, 2.05) is 17.5 Å². The van der Waals surface area contributed by atoms with Crippen LogP contribution in [-0.2, 0) is 6.54 Å². The van der Waals surface area contributed by atoms with E-state index in [4.69, 9.17) is 5.73 Å². The Morgan fingerprint density at radius 3 is 2.65 bits per heavy atom. The highest BCUT2D eigenvalue weighted by atomic mass is 32.1. The summed E-state index contributed by atoms with van der Waals surface area (Å²) in [5, 5.41) is 1.89. The van der Waals surface area contributed by atoms with Crippen LogP contribution in [-0.4, -0.2) is 29.7 Å². The number of thiocarbonyl (C=S) groups is 1. The number of alkyl halides is 3. The number of nitrogens with two attached hydrogens (primary N) is 1. The summed E-state index contributed by atoms with van der Waals surface area (Å²) in [5.74, 6) is -1.75. The third-order valence-corrected chi connectivity index (χ3v) is 3.38. The predicted octanol–water partition coefficient (Wildman–Crippen LogP) is 2.64. The van der Waals surface area contributed by atoms with Gasteiger partial charge < -0.3 is 10.6 Å². The maximum atomic E-state index is 12.6. The highest BCUT2D eigenvalue weighted by Crippen LogP contribution is 2.27. The molecule has 2 N–H and O–H groups in total. The van der Waals surface area contributed by atoms with E-state index in [1.54, 1.807) is 11.9 Å². The molecule has 1 unspecified atom stereocenters. The highest BCUT2D eigenvalue weighted by Gasteiger charge is 2.42. The van der Waals surface area contributed by atoms with Gasteiger partial charge in [0.15, 0.2) is 0 Å². The van der Waals surface area contributed by atoms with Crippen molar-refractivity contribution in [2.24, 2.45) is 11.7 Å². The quantitative estimate of drug-likeness (QED) is 0.842. The minimum atomic E-state index is -4.38. The molecule has 1 aromatic rings. The number of rotatable bonds is 5. The standard InChI is InChI=1S/C10H13F3N2S2/c1-15(5-7-3-2-4-17-7)6-8(9(14)16)10(11,12)13/h2-4,8H,5-6H2,1H3,(H2,14,16). The number of hydrogen-bond donors (Lipinski definition) is 1. The second kappa shape index (κ2) is 5.79. The molecule has 96 valence electrons. The van der Waals surface area contributed by atoms with Crippen molar-refractivity contribution in [2.45, 2.75) is 12.7 Å². The molecule has 7 heteroatoms. The van der Waals surface area contributed by atoms with Crippen LogP contribution in [0.4, 0.5) is 13.2 Å². The maximum Gasteiger partial charge on any atom is 0.399 e. The van der Waals surface area contributed by atoms with E-state index in [0.29, 0.717) is 6.54 Å². The molecular weight excluding hydrogens is 269 g/mol. The van der Waals surface area contributed by atoms with Crippen LogP contribution in [0, 0.1) is 5.92 Å². The van der Waals surface area contributed by atoms with Gasteiger partial charge in [0, 0.05) is 18.0 Å². The maximum absolute atomic E-state index is 12.6. The fourth-order valence-electron chi connectivity index (χ4n) is 1.40. The van der Waals surface area contributed by atoms with Gasteiger partial charge in [-0.3, -0.25) is 0 Å². The minimum absolute atomic E-state index is 0.212. The van der Waals surface area contributed by atoms with Crippen LogP contribution in [0.1, 0.15) is 4.88 Å². The van der Waals surface area contributed by atoms with E-state index < -0.39 is 17.1 Å². The zero-order valence-corrected chi connectivity index (χ0v) is 10.8. The van der Waals surface area contributed by atoms with E-state index in [1.165, 1.54) is 11.3 Å². The van der Waals surface area contributed by atoms with Crippen LogP contribution in [0.2, 0.25) is 0 Å². The molecule has 1 aromatic heterocycles. The molecule has 0 saturated carbocycles. The van der Waals surface area contributed by atoms with Crippen LogP contribution in [0.25, 0.3) is 0 Å². The van der Waals surface area contributed by atoms with Crippen molar-refractivity contribution in [1.82, 2.24) is 4.90 Å². The normalized spacial score (nSPS) is 13.9. The summed E-state index contributed by atoms with van der Waals surface area (Å²) < 4.78 is 37.9. The summed E-state index contributed by atoms with van der Waals surface area (Å²) in [6.45, 7) is 0.254. The average Bonchev–Trinajstić information content (AvgIpc) is 2.64.